The van der Waals surface area contributed by atoms with E-state index in [9.17, 15) is 5.11 Å². The van der Waals surface area contributed by atoms with E-state index in [1.54, 1.807) is 23.0 Å². The molecule has 0 fully saturated rings. The summed E-state index contributed by atoms with van der Waals surface area (Å²) >= 11 is 0. The summed E-state index contributed by atoms with van der Waals surface area (Å²) in [6.45, 7) is 0.470. The molecule has 0 saturated carbocycles. The Labute approximate surface area is 156 Å². The number of aliphatic hydroxyl groups excluding tert-OH is 1. The van der Waals surface area contributed by atoms with Gasteiger partial charge in [-0.25, -0.2) is 9.25 Å². The predicted molar refractivity (Wildman–Crippen MR) is 89.9 cm³/mol. The molecule has 3 rings (SSSR count). The molecular weight excluding hydrogens is 384 g/mol. The number of nitrogens with two attached hydrogens (primary N) is 1. The maximum absolute atomic E-state index is 9.32. The van der Waals surface area contributed by atoms with Crippen molar-refractivity contribution in [1.82, 2.24) is 9.78 Å². The molecule has 2 heterocycles. The zero-order valence-electron chi connectivity index (χ0n) is 13.7. The Kier molecular flexibility index (Phi) is 6.37. The molecule has 1 aromatic carbocycles. The number of pyridine rings is 1. The van der Waals surface area contributed by atoms with Crippen LogP contribution in [0.2, 0.25) is 0 Å². The number of azo groups is 1. The summed E-state index contributed by atoms with van der Waals surface area (Å²) in [6.07, 6.45) is 5.57. The van der Waals surface area contributed by atoms with Gasteiger partial charge >= 0.3 is 0 Å². The maximum Gasteiger partial charge on any atom is 0.173 e. The van der Waals surface area contributed by atoms with Crippen molar-refractivity contribution in [3.05, 3.63) is 66.1 Å². The summed E-state index contributed by atoms with van der Waals surface area (Å²) in [6, 6.07) is 11.3. The number of anilines is 1. The fourth-order valence-electron chi connectivity index (χ4n) is 2.35. The number of halogens is 1. The van der Waals surface area contributed by atoms with E-state index in [2.05, 4.69) is 15.3 Å². The van der Waals surface area contributed by atoms with Gasteiger partial charge in [0, 0.05) is 17.2 Å². The van der Waals surface area contributed by atoms with E-state index < -0.39 is 0 Å². The first-order valence-corrected chi connectivity index (χ1v) is 7.53. The number of nitrogen functional groups attached to an aromatic ring is 1. The number of hydrogen-bond donors (Lipinski definition) is 2. The first kappa shape index (κ1) is 18.8. The molecule has 0 atom stereocenters. The lowest BCUT2D eigenvalue weighted by Crippen LogP contribution is -3.00. The van der Waals surface area contributed by atoms with Gasteiger partial charge in [-0.1, -0.05) is 18.2 Å². The standard InChI is InChI=1S/C17H19N6O.BrH/c1-22-8-4-5-13(10-22)11-23-17(18)16(9-19-23)21-20-15-7-3-2-6-14(15)12-24;/h2-10,24H,11-12,18H2,1H3;1H/q+1;/p-1/b21-20+;. The molecule has 3 N–H and O–H groups in total. The lowest BCUT2D eigenvalue weighted by atomic mass is 10.2. The molecule has 0 radical (unpaired) electrons. The molecule has 0 bridgehead atoms. The molecule has 0 saturated heterocycles. The molecule has 0 aliphatic carbocycles. The van der Waals surface area contributed by atoms with Gasteiger partial charge in [0.05, 0.1) is 25.0 Å². The quantitative estimate of drug-likeness (QED) is 0.434. The van der Waals surface area contributed by atoms with Gasteiger partial charge in [-0.2, -0.15) is 5.10 Å². The molecule has 7 nitrogen and oxygen atoms in total. The number of aromatic nitrogens is 3. The molecule has 0 unspecified atom stereocenters. The minimum Gasteiger partial charge on any atom is -1.00 e. The van der Waals surface area contributed by atoms with Crippen LogP contribution in [0.1, 0.15) is 11.1 Å². The third kappa shape index (κ3) is 4.49. The number of benzene rings is 1. The van der Waals surface area contributed by atoms with Crippen LogP contribution in [-0.4, -0.2) is 14.9 Å². The smallest absolute Gasteiger partial charge is 0.173 e. The third-order valence-corrected chi connectivity index (χ3v) is 3.62. The van der Waals surface area contributed by atoms with E-state index in [0.717, 1.165) is 5.56 Å². The summed E-state index contributed by atoms with van der Waals surface area (Å²) < 4.78 is 3.66. The Balaban J connectivity index is 0.00000225. The molecule has 0 spiro atoms. The molecule has 25 heavy (non-hydrogen) atoms. The van der Waals surface area contributed by atoms with Crippen LogP contribution in [0.3, 0.4) is 0 Å². The highest BCUT2D eigenvalue weighted by molar-refractivity contribution is 5.57. The van der Waals surface area contributed by atoms with Gasteiger partial charge in [-0.05, 0) is 12.1 Å². The van der Waals surface area contributed by atoms with Gasteiger partial charge < -0.3 is 27.8 Å². The third-order valence-electron chi connectivity index (χ3n) is 3.62. The summed E-state index contributed by atoms with van der Waals surface area (Å²) in [5, 5.41) is 21.9. The lowest BCUT2D eigenvalue weighted by molar-refractivity contribution is -0.671. The van der Waals surface area contributed by atoms with Crippen LogP contribution in [0.4, 0.5) is 17.2 Å². The van der Waals surface area contributed by atoms with Crippen molar-refractivity contribution < 1.29 is 26.7 Å². The van der Waals surface area contributed by atoms with Crippen LogP contribution >= 0.6 is 0 Å². The number of aryl methyl sites for hydroxylation is 1. The Morgan fingerprint density at radius 2 is 1.92 bits per heavy atom. The van der Waals surface area contributed by atoms with Crippen molar-refractivity contribution in [2.75, 3.05) is 5.73 Å². The van der Waals surface area contributed by atoms with E-state index in [0.29, 0.717) is 29.3 Å². The number of aliphatic hydroxyl groups is 1. The van der Waals surface area contributed by atoms with Crippen molar-refractivity contribution >= 4 is 17.2 Å². The van der Waals surface area contributed by atoms with E-state index in [4.69, 9.17) is 5.73 Å². The largest absolute Gasteiger partial charge is 1.00 e. The summed E-state index contributed by atoms with van der Waals surface area (Å²) in [5.74, 6) is 0.451. The van der Waals surface area contributed by atoms with Crippen molar-refractivity contribution in [3.8, 4) is 0 Å². The topological polar surface area (TPSA) is 92.7 Å². The number of hydrogen-bond acceptors (Lipinski definition) is 5. The van der Waals surface area contributed by atoms with Crippen molar-refractivity contribution in [2.24, 2.45) is 17.3 Å². The SMILES string of the molecule is C[n+]1cccc(Cn2ncc(/N=N/c3ccccc3CO)c2N)c1.[Br-]. The number of rotatable bonds is 5. The minimum absolute atomic E-state index is 0. The van der Waals surface area contributed by atoms with Crippen molar-refractivity contribution in [1.29, 1.82) is 0 Å². The molecule has 0 amide bonds. The molecule has 2 aromatic heterocycles. The Bertz CT molecular complexity index is 877. The average molecular weight is 403 g/mol. The fraction of sp³-hybridized carbons (Fsp3) is 0.176. The molecule has 8 heteroatoms. The highest BCUT2D eigenvalue weighted by Gasteiger charge is 2.09. The van der Waals surface area contributed by atoms with Crippen molar-refractivity contribution in [2.45, 2.75) is 13.2 Å². The monoisotopic (exact) mass is 402 g/mol. The lowest BCUT2D eigenvalue weighted by Gasteiger charge is -2.03. The molecular formula is C17H19BrN6O. The predicted octanol–water partition coefficient (Wildman–Crippen LogP) is -0.750. The van der Waals surface area contributed by atoms with E-state index in [1.807, 2.05) is 48.3 Å². The van der Waals surface area contributed by atoms with Gasteiger partial charge in [0.15, 0.2) is 12.4 Å². The van der Waals surface area contributed by atoms with E-state index in [-0.39, 0.29) is 23.6 Å². The van der Waals surface area contributed by atoms with Gasteiger partial charge in [-0.15, -0.1) is 10.2 Å². The van der Waals surface area contributed by atoms with Gasteiger partial charge in [0.1, 0.15) is 18.6 Å². The normalized spacial score (nSPS) is 10.8. The molecule has 130 valence electrons. The highest BCUT2D eigenvalue weighted by Crippen LogP contribution is 2.26. The summed E-state index contributed by atoms with van der Waals surface area (Å²) in [4.78, 5) is 0. The fourth-order valence-corrected chi connectivity index (χ4v) is 2.35. The second-order valence-electron chi connectivity index (χ2n) is 5.44. The molecule has 3 aromatic rings. The second-order valence-corrected chi connectivity index (χ2v) is 5.44. The Morgan fingerprint density at radius 3 is 2.68 bits per heavy atom. The van der Waals surface area contributed by atoms with Crippen LogP contribution in [0.15, 0.2) is 65.2 Å². The Hall–Kier alpha value is -2.58. The van der Waals surface area contributed by atoms with Gasteiger partial charge in [0.25, 0.3) is 0 Å². The van der Waals surface area contributed by atoms with Crippen molar-refractivity contribution in [3.63, 3.8) is 0 Å². The average Bonchev–Trinajstić information content (AvgIpc) is 2.93. The second kappa shape index (κ2) is 8.50. The zero-order chi connectivity index (χ0) is 16.9. The van der Waals surface area contributed by atoms with Gasteiger partial charge in [-0.3, -0.25) is 0 Å². The molecule has 0 aliphatic heterocycles. The van der Waals surface area contributed by atoms with Gasteiger partial charge in [0.2, 0.25) is 0 Å². The Morgan fingerprint density at radius 1 is 1.16 bits per heavy atom. The first-order chi connectivity index (χ1) is 11.7. The van der Waals surface area contributed by atoms with Crippen LogP contribution in [-0.2, 0) is 20.2 Å². The highest BCUT2D eigenvalue weighted by atomic mass is 79.9. The van der Waals surface area contributed by atoms with E-state index >= 15 is 0 Å². The van der Waals surface area contributed by atoms with Crippen LogP contribution in [0.25, 0.3) is 0 Å². The first-order valence-electron chi connectivity index (χ1n) is 7.53. The van der Waals surface area contributed by atoms with Crippen LogP contribution in [0, 0.1) is 0 Å². The molecule has 0 aliphatic rings. The van der Waals surface area contributed by atoms with Crippen LogP contribution < -0.4 is 27.3 Å². The maximum atomic E-state index is 9.32. The van der Waals surface area contributed by atoms with E-state index in [1.165, 1.54) is 0 Å². The zero-order valence-corrected chi connectivity index (χ0v) is 15.3. The minimum atomic E-state index is -0.0883. The summed E-state index contributed by atoms with van der Waals surface area (Å²) in [5.41, 5.74) is 9.03. The summed E-state index contributed by atoms with van der Waals surface area (Å²) in [7, 11) is 1.97. The van der Waals surface area contributed by atoms with Crippen LogP contribution in [0.5, 0.6) is 0 Å². The number of nitrogens with zero attached hydrogens (tertiary/aromatic N) is 5.